The Morgan fingerprint density at radius 2 is 2.07 bits per heavy atom. The number of hydrogen-bond donors (Lipinski definition) is 1. The maximum Gasteiger partial charge on any atom is 0.0384 e. The van der Waals surface area contributed by atoms with Gasteiger partial charge in [0.25, 0.3) is 0 Å². The summed E-state index contributed by atoms with van der Waals surface area (Å²) in [5.74, 6) is 1.59. The molecule has 0 amide bonds. The zero-order chi connectivity index (χ0) is 10.4. The quantitative estimate of drug-likeness (QED) is 0.730. The molecule has 2 aliphatic rings. The van der Waals surface area contributed by atoms with Gasteiger partial charge in [0.1, 0.15) is 0 Å². The third-order valence-electron chi connectivity index (χ3n) is 4.18. The van der Waals surface area contributed by atoms with Crippen LogP contribution in [0.15, 0.2) is 12.1 Å². The van der Waals surface area contributed by atoms with E-state index >= 15 is 0 Å². The Labute approximate surface area is 91.7 Å². The van der Waals surface area contributed by atoms with Crippen molar-refractivity contribution in [2.75, 3.05) is 5.73 Å². The molecule has 0 aromatic heterocycles. The van der Waals surface area contributed by atoms with Crippen LogP contribution >= 0.6 is 0 Å². The number of nitrogen functional groups attached to an aromatic ring is 1. The van der Waals surface area contributed by atoms with E-state index in [1.807, 2.05) is 0 Å². The van der Waals surface area contributed by atoms with Crippen LogP contribution in [-0.2, 0) is 12.8 Å². The molecule has 0 unspecified atom stereocenters. The summed E-state index contributed by atoms with van der Waals surface area (Å²) in [5.41, 5.74) is 11.8. The van der Waals surface area contributed by atoms with Crippen molar-refractivity contribution in [3.8, 4) is 0 Å². The fourth-order valence-corrected chi connectivity index (χ4v) is 2.96. The van der Waals surface area contributed by atoms with Crippen molar-refractivity contribution in [2.24, 2.45) is 5.92 Å². The van der Waals surface area contributed by atoms with Gasteiger partial charge >= 0.3 is 0 Å². The smallest absolute Gasteiger partial charge is 0.0384 e. The highest BCUT2D eigenvalue weighted by Crippen LogP contribution is 2.45. The third kappa shape index (κ3) is 1.45. The van der Waals surface area contributed by atoms with Gasteiger partial charge in [-0.3, -0.25) is 0 Å². The fourth-order valence-electron chi connectivity index (χ4n) is 2.96. The zero-order valence-corrected chi connectivity index (χ0v) is 9.42. The normalized spacial score (nSPS) is 21.4. The summed E-state index contributed by atoms with van der Waals surface area (Å²) in [7, 11) is 0. The van der Waals surface area contributed by atoms with Crippen LogP contribution in [0.4, 0.5) is 5.69 Å². The Morgan fingerprint density at radius 1 is 1.27 bits per heavy atom. The largest absolute Gasteiger partial charge is 0.398 e. The van der Waals surface area contributed by atoms with Gasteiger partial charge in [-0.15, -0.1) is 0 Å². The maximum atomic E-state index is 6.30. The molecule has 1 fully saturated rings. The Bertz CT molecular complexity index is 391. The van der Waals surface area contributed by atoms with Crippen molar-refractivity contribution in [3.63, 3.8) is 0 Å². The first-order chi connectivity index (χ1) is 7.27. The van der Waals surface area contributed by atoms with Gasteiger partial charge in [0.15, 0.2) is 0 Å². The highest BCUT2D eigenvalue weighted by atomic mass is 14.6. The van der Waals surface area contributed by atoms with Gasteiger partial charge in [-0.05, 0) is 60.6 Å². The molecule has 1 heteroatoms. The maximum absolute atomic E-state index is 6.30. The summed E-state index contributed by atoms with van der Waals surface area (Å²) in [6.45, 7) is 2.34. The van der Waals surface area contributed by atoms with Crippen LogP contribution < -0.4 is 5.73 Å². The first kappa shape index (κ1) is 9.26. The van der Waals surface area contributed by atoms with E-state index in [4.69, 9.17) is 5.73 Å². The molecule has 0 radical (unpaired) electrons. The molecular formula is C14H19N. The first-order valence-corrected chi connectivity index (χ1v) is 6.17. The van der Waals surface area contributed by atoms with Crippen LogP contribution in [-0.4, -0.2) is 0 Å². The number of hydrogen-bond acceptors (Lipinski definition) is 1. The molecule has 0 bridgehead atoms. The van der Waals surface area contributed by atoms with Gasteiger partial charge in [-0.2, -0.15) is 0 Å². The lowest BCUT2D eigenvalue weighted by Crippen LogP contribution is -2.04. The van der Waals surface area contributed by atoms with E-state index in [1.54, 1.807) is 0 Å². The van der Waals surface area contributed by atoms with Gasteiger partial charge in [0.2, 0.25) is 0 Å². The Hall–Kier alpha value is -0.980. The standard InChI is InChI=1S/C14H19N/c1-9(10-5-6-10)12-8-7-11-3-2-4-13(11)14(12)15/h7-10H,2-6,15H2,1H3/t9-/m1/s1. The average Bonchev–Trinajstić information content (AvgIpc) is 2.97. The van der Waals surface area contributed by atoms with Crippen molar-refractivity contribution in [3.05, 3.63) is 28.8 Å². The highest BCUT2D eigenvalue weighted by Gasteiger charge is 2.31. The summed E-state index contributed by atoms with van der Waals surface area (Å²) >= 11 is 0. The van der Waals surface area contributed by atoms with Crippen LogP contribution in [0.3, 0.4) is 0 Å². The predicted octanol–water partition coefficient (Wildman–Crippen LogP) is 3.27. The van der Waals surface area contributed by atoms with E-state index in [0.717, 1.165) is 11.6 Å². The number of aryl methyl sites for hydroxylation is 1. The monoisotopic (exact) mass is 201 g/mol. The van der Waals surface area contributed by atoms with Crippen molar-refractivity contribution in [1.82, 2.24) is 0 Å². The summed E-state index contributed by atoms with van der Waals surface area (Å²) in [6.07, 6.45) is 6.53. The van der Waals surface area contributed by atoms with E-state index in [9.17, 15) is 0 Å². The van der Waals surface area contributed by atoms with Crippen LogP contribution in [0.5, 0.6) is 0 Å². The molecular weight excluding hydrogens is 182 g/mol. The van der Waals surface area contributed by atoms with E-state index in [-0.39, 0.29) is 0 Å². The van der Waals surface area contributed by atoms with E-state index in [2.05, 4.69) is 19.1 Å². The summed E-state index contributed by atoms with van der Waals surface area (Å²) < 4.78 is 0. The van der Waals surface area contributed by atoms with Crippen LogP contribution in [0.1, 0.15) is 48.8 Å². The summed E-state index contributed by atoms with van der Waals surface area (Å²) in [6, 6.07) is 4.59. The molecule has 1 nitrogen and oxygen atoms in total. The van der Waals surface area contributed by atoms with E-state index in [0.29, 0.717) is 5.92 Å². The van der Waals surface area contributed by atoms with Crippen LogP contribution in [0, 0.1) is 5.92 Å². The number of rotatable bonds is 2. The van der Waals surface area contributed by atoms with Crippen molar-refractivity contribution in [2.45, 2.75) is 44.9 Å². The molecule has 0 aliphatic heterocycles. The molecule has 0 spiro atoms. The molecule has 1 aromatic carbocycles. The molecule has 0 saturated heterocycles. The first-order valence-electron chi connectivity index (χ1n) is 6.17. The van der Waals surface area contributed by atoms with Gasteiger partial charge in [0.05, 0.1) is 0 Å². The van der Waals surface area contributed by atoms with Crippen molar-refractivity contribution < 1.29 is 0 Å². The second kappa shape index (κ2) is 3.26. The molecule has 1 aromatic rings. The number of anilines is 1. The SMILES string of the molecule is C[C@@H](c1ccc2c(c1N)CCC2)C1CC1. The van der Waals surface area contributed by atoms with Crippen molar-refractivity contribution in [1.29, 1.82) is 0 Å². The molecule has 15 heavy (non-hydrogen) atoms. The Kier molecular flexibility index (Phi) is 2.01. The van der Waals surface area contributed by atoms with Crippen LogP contribution in [0.2, 0.25) is 0 Å². The minimum absolute atomic E-state index is 0.677. The highest BCUT2D eigenvalue weighted by molar-refractivity contribution is 5.60. The molecule has 0 heterocycles. The lowest BCUT2D eigenvalue weighted by atomic mass is 9.91. The lowest BCUT2D eigenvalue weighted by molar-refractivity contribution is 0.665. The Morgan fingerprint density at radius 3 is 2.80 bits per heavy atom. The number of nitrogens with two attached hydrogens (primary N) is 1. The Balaban J connectivity index is 2.01. The average molecular weight is 201 g/mol. The molecule has 2 aliphatic carbocycles. The zero-order valence-electron chi connectivity index (χ0n) is 9.42. The number of benzene rings is 1. The molecule has 2 N–H and O–H groups in total. The molecule has 1 atom stereocenters. The third-order valence-corrected chi connectivity index (χ3v) is 4.18. The molecule has 80 valence electrons. The minimum atomic E-state index is 0.677. The van der Waals surface area contributed by atoms with E-state index < -0.39 is 0 Å². The topological polar surface area (TPSA) is 26.0 Å². The molecule has 1 saturated carbocycles. The fraction of sp³-hybridized carbons (Fsp3) is 0.571. The predicted molar refractivity (Wildman–Crippen MR) is 64.0 cm³/mol. The lowest BCUT2D eigenvalue weighted by Gasteiger charge is -2.16. The minimum Gasteiger partial charge on any atom is -0.398 e. The van der Waals surface area contributed by atoms with E-state index in [1.165, 1.54) is 48.8 Å². The summed E-state index contributed by atoms with van der Waals surface area (Å²) in [5, 5.41) is 0. The van der Waals surface area contributed by atoms with Gasteiger partial charge in [0, 0.05) is 5.69 Å². The van der Waals surface area contributed by atoms with Gasteiger partial charge in [-0.25, -0.2) is 0 Å². The van der Waals surface area contributed by atoms with Crippen molar-refractivity contribution >= 4 is 5.69 Å². The van der Waals surface area contributed by atoms with Gasteiger partial charge < -0.3 is 5.73 Å². The van der Waals surface area contributed by atoms with Crippen LogP contribution in [0.25, 0.3) is 0 Å². The summed E-state index contributed by atoms with van der Waals surface area (Å²) in [4.78, 5) is 0. The molecule has 3 rings (SSSR count). The second-order valence-corrected chi connectivity index (χ2v) is 5.19. The second-order valence-electron chi connectivity index (χ2n) is 5.19. The van der Waals surface area contributed by atoms with Gasteiger partial charge in [-0.1, -0.05) is 19.1 Å². The number of fused-ring (bicyclic) bond motifs is 1.